The van der Waals surface area contributed by atoms with Crippen LogP contribution in [0, 0.1) is 13.8 Å². The van der Waals surface area contributed by atoms with E-state index in [1.165, 1.54) is 10.1 Å². The highest BCUT2D eigenvalue weighted by atomic mass is 16.4. The number of oxazole rings is 1. The Kier molecular flexibility index (Phi) is 4.52. The molecule has 2 aromatic heterocycles. The number of hydrogen-bond donors (Lipinski definition) is 1. The van der Waals surface area contributed by atoms with Crippen molar-refractivity contribution in [1.29, 1.82) is 0 Å². The molecular formula is C20H18N4O4. The second-order valence-corrected chi connectivity index (χ2v) is 6.58. The van der Waals surface area contributed by atoms with E-state index in [0.29, 0.717) is 23.4 Å². The van der Waals surface area contributed by atoms with E-state index in [2.05, 4.69) is 21.6 Å². The smallest absolute Gasteiger partial charge is 0.408 e. The van der Waals surface area contributed by atoms with Crippen molar-refractivity contribution in [2.75, 3.05) is 5.32 Å². The van der Waals surface area contributed by atoms with E-state index in [-0.39, 0.29) is 12.6 Å². The molecule has 0 atom stereocenters. The summed E-state index contributed by atoms with van der Waals surface area (Å²) in [6.45, 7) is 3.84. The molecule has 0 saturated heterocycles. The fourth-order valence-corrected chi connectivity index (χ4v) is 3.05. The van der Waals surface area contributed by atoms with Gasteiger partial charge in [0, 0.05) is 0 Å². The van der Waals surface area contributed by atoms with Gasteiger partial charge < -0.3 is 8.83 Å². The first kappa shape index (κ1) is 17.7. The summed E-state index contributed by atoms with van der Waals surface area (Å²) in [5.41, 5.74) is 4.36. The lowest BCUT2D eigenvalue weighted by Crippen LogP contribution is -2.24. The minimum atomic E-state index is -0.600. The molecule has 0 aliphatic carbocycles. The van der Waals surface area contributed by atoms with Crippen molar-refractivity contribution in [3.05, 3.63) is 75.6 Å². The molecule has 1 N–H and O–H groups in total. The van der Waals surface area contributed by atoms with Crippen LogP contribution in [0.25, 0.3) is 11.1 Å². The highest BCUT2D eigenvalue weighted by molar-refractivity contribution is 5.89. The summed E-state index contributed by atoms with van der Waals surface area (Å²) < 4.78 is 11.9. The second kappa shape index (κ2) is 7.15. The third-order valence-corrected chi connectivity index (χ3v) is 4.43. The van der Waals surface area contributed by atoms with Gasteiger partial charge in [-0.15, -0.1) is 5.10 Å². The van der Waals surface area contributed by atoms with Crippen LogP contribution in [0.2, 0.25) is 0 Å². The van der Waals surface area contributed by atoms with E-state index in [1.54, 1.807) is 24.3 Å². The summed E-state index contributed by atoms with van der Waals surface area (Å²) in [7, 11) is 0. The summed E-state index contributed by atoms with van der Waals surface area (Å²) in [4.78, 5) is 24.2. The number of aryl methyl sites for hydroxylation is 2. The van der Waals surface area contributed by atoms with E-state index >= 15 is 0 Å². The maximum Gasteiger partial charge on any atom is 0.420 e. The number of fused-ring (bicyclic) bond motifs is 1. The summed E-state index contributed by atoms with van der Waals surface area (Å²) in [5.74, 6) is -0.666. The Bertz CT molecular complexity index is 1220. The Labute approximate surface area is 159 Å². The molecule has 28 heavy (non-hydrogen) atoms. The topological polar surface area (TPSA) is 103 Å². The van der Waals surface area contributed by atoms with Crippen molar-refractivity contribution in [1.82, 2.24) is 14.8 Å². The largest absolute Gasteiger partial charge is 0.420 e. The van der Waals surface area contributed by atoms with Crippen LogP contribution in [0.3, 0.4) is 0 Å². The van der Waals surface area contributed by atoms with Gasteiger partial charge in [-0.1, -0.05) is 41.0 Å². The second-order valence-electron chi connectivity index (χ2n) is 6.58. The van der Waals surface area contributed by atoms with Gasteiger partial charge in [-0.3, -0.25) is 14.7 Å². The molecule has 2 aromatic carbocycles. The highest BCUT2D eigenvalue weighted by Gasteiger charge is 2.15. The average Bonchev–Trinajstić information content (AvgIpc) is 3.22. The minimum absolute atomic E-state index is 0.00869. The minimum Gasteiger partial charge on any atom is -0.408 e. The van der Waals surface area contributed by atoms with Crippen LogP contribution < -0.4 is 11.1 Å². The number of nitrogens with zero attached hydrogens (tertiary/aromatic N) is 3. The van der Waals surface area contributed by atoms with Gasteiger partial charge in [0.05, 0.1) is 11.9 Å². The molecule has 1 amide bonds. The fraction of sp³-hybridized carbons (Fsp3) is 0.200. The van der Waals surface area contributed by atoms with Gasteiger partial charge in [0.1, 0.15) is 6.54 Å². The van der Waals surface area contributed by atoms with E-state index < -0.39 is 11.7 Å². The third kappa shape index (κ3) is 3.57. The third-order valence-electron chi connectivity index (χ3n) is 4.43. The highest BCUT2D eigenvalue weighted by Crippen LogP contribution is 2.16. The molecule has 0 unspecified atom stereocenters. The summed E-state index contributed by atoms with van der Waals surface area (Å²) in [6.07, 6.45) is 0.473. The average molecular weight is 378 g/mol. The Hall–Kier alpha value is -3.68. The fourth-order valence-electron chi connectivity index (χ4n) is 3.05. The molecule has 4 aromatic rings. The summed E-state index contributed by atoms with van der Waals surface area (Å²) in [5, 5.41) is 10.3. The first-order valence-corrected chi connectivity index (χ1v) is 8.76. The van der Waals surface area contributed by atoms with Gasteiger partial charge in [-0.05, 0) is 37.1 Å². The lowest BCUT2D eigenvalue weighted by atomic mass is 10.0. The lowest BCUT2D eigenvalue weighted by Gasteiger charge is -2.04. The first-order valence-electron chi connectivity index (χ1n) is 8.76. The number of rotatable bonds is 5. The lowest BCUT2D eigenvalue weighted by molar-refractivity contribution is -0.116. The zero-order chi connectivity index (χ0) is 19.7. The van der Waals surface area contributed by atoms with Crippen LogP contribution >= 0.6 is 0 Å². The number of carbonyl (C=O) groups is 1. The van der Waals surface area contributed by atoms with Gasteiger partial charge in [-0.25, -0.2) is 4.79 Å². The monoisotopic (exact) mass is 378 g/mol. The maximum absolute atomic E-state index is 12.3. The maximum atomic E-state index is 12.3. The van der Waals surface area contributed by atoms with E-state index in [1.807, 2.05) is 26.0 Å². The van der Waals surface area contributed by atoms with Crippen LogP contribution in [0.5, 0.6) is 0 Å². The van der Waals surface area contributed by atoms with Gasteiger partial charge >= 0.3 is 11.8 Å². The van der Waals surface area contributed by atoms with Crippen LogP contribution in [0.15, 0.2) is 56.1 Å². The van der Waals surface area contributed by atoms with Gasteiger partial charge in [0.25, 0.3) is 0 Å². The predicted molar refractivity (Wildman–Crippen MR) is 102 cm³/mol. The molecule has 4 rings (SSSR count). The number of para-hydroxylation sites is 2. The number of benzene rings is 2. The molecule has 0 saturated carbocycles. The molecule has 0 aliphatic rings. The zero-order valence-electron chi connectivity index (χ0n) is 15.4. The van der Waals surface area contributed by atoms with E-state index in [0.717, 1.165) is 11.1 Å². The van der Waals surface area contributed by atoms with Gasteiger partial charge in [-0.2, -0.15) is 0 Å². The number of carbonyl (C=O) groups excluding carboxylic acids is 1. The number of nitrogens with one attached hydrogen (secondary N) is 1. The van der Waals surface area contributed by atoms with E-state index in [9.17, 15) is 9.59 Å². The number of anilines is 1. The first-order chi connectivity index (χ1) is 13.5. The Morgan fingerprint density at radius 2 is 1.93 bits per heavy atom. The van der Waals surface area contributed by atoms with Crippen molar-refractivity contribution in [3.63, 3.8) is 0 Å². The predicted octanol–water partition coefficient (Wildman–Crippen LogP) is 2.82. The molecule has 0 bridgehead atoms. The van der Waals surface area contributed by atoms with Crippen LogP contribution in [0.1, 0.15) is 22.6 Å². The molecule has 0 fully saturated rings. The van der Waals surface area contributed by atoms with Crippen LogP contribution in [-0.2, 0) is 17.8 Å². The molecule has 142 valence electrons. The standard InChI is InChI=1S/C20H18N4O4/c1-12-7-8-14(13(2)9-12)10-18-22-23-19(28-18)21-17(25)11-24-15-5-3-4-6-16(15)27-20(24)26/h3-9H,10-11H2,1-2H3,(H,21,23,25). The number of aromatic nitrogens is 3. The molecule has 8 nitrogen and oxygen atoms in total. The van der Waals surface area contributed by atoms with Gasteiger partial charge in [0.2, 0.25) is 11.8 Å². The Morgan fingerprint density at radius 3 is 2.75 bits per heavy atom. The molecule has 0 spiro atoms. The normalized spacial score (nSPS) is 11.1. The molecule has 0 radical (unpaired) electrons. The summed E-state index contributed by atoms with van der Waals surface area (Å²) >= 11 is 0. The number of amides is 1. The van der Waals surface area contributed by atoms with Crippen molar-refractivity contribution in [2.24, 2.45) is 0 Å². The van der Waals surface area contributed by atoms with Crippen molar-refractivity contribution in [3.8, 4) is 0 Å². The Balaban J connectivity index is 1.45. The van der Waals surface area contributed by atoms with Crippen LogP contribution in [-0.4, -0.2) is 20.7 Å². The quantitative estimate of drug-likeness (QED) is 0.573. The van der Waals surface area contributed by atoms with Crippen LogP contribution in [0.4, 0.5) is 6.01 Å². The molecule has 0 aliphatic heterocycles. The van der Waals surface area contributed by atoms with Gasteiger partial charge in [0.15, 0.2) is 5.58 Å². The summed E-state index contributed by atoms with van der Waals surface area (Å²) in [6, 6.07) is 13.0. The van der Waals surface area contributed by atoms with Crippen molar-refractivity contribution < 1.29 is 13.6 Å². The SMILES string of the molecule is Cc1ccc(Cc2nnc(NC(=O)Cn3c(=O)oc4ccccc43)o2)c(C)c1. The van der Waals surface area contributed by atoms with Crippen molar-refractivity contribution in [2.45, 2.75) is 26.8 Å². The number of hydrogen-bond acceptors (Lipinski definition) is 6. The zero-order valence-corrected chi connectivity index (χ0v) is 15.4. The molecular weight excluding hydrogens is 360 g/mol. The molecule has 2 heterocycles. The molecule has 8 heteroatoms. The van der Waals surface area contributed by atoms with E-state index in [4.69, 9.17) is 8.83 Å². The van der Waals surface area contributed by atoms with Crippen molar-refractivity contribution >= 4 is 23.0 Å². The Morgan fingerprint density at radius 1 is 1.11 bits per heavy atom.